The largest absolute Gasteiger partial charge is 0.496 e. The summed E-state index contributed by atoms with van der Waals surface area (Å²) in [5, 5.41) is 0. The summed E-state index contributed by atoms with van der Waals surface area (Å²) in [4.78, 5) is 17.4. The van der Waals surface area contributed by atoms with Crippen LogP contribution in [0.5, 0.6) is 5.75 Å². The number of nitrogens with zero attached hydrogens (tertiary/aromatic N) is 2. The molecule has 0 radical (unpaired) electrons. The third-order valence-corrected chi connectivity index (χ3v) is 6.07. The van der Waals surface area contributed by atoms with Crippen LogP contribution in [0.25, 0.3) is 0 Å². The lowest BCUT2D eigenvalue weighted by molar-refractivity contribution is -0.133. The third-order valence-electron chi connectivity index (χ3n) is 6.07. The standard InChI is InChI=1S/C22H34N2O2/c1-18-11-14-23(15-12-18)16-19-6-5-13-24(17-19)22(25)10-9-20-7-3-4-8-21(20)26-2/h3-4,7-8,18-19H,5-6,9-17H2,1-2H3. The number of benzene rings is 1. The van der Waals surface area contributed by atoms with Crippen molar-refractivity contribution in [1.82, 2.24) is 9.80 Å². The molecule has 2 heterocycles. The molecule has 0 aliphatic carbocycles. The maximum atomic E-state index is 12.7. The molecular weight excluding hydrogens is 324 g/mol. The average Bonchev–Trinajstić information content (AvgIpc) is 2.68. The predicted octanol–water partition coefficient (Wildman–Crippen LogP) is 3.60. The van der Waals surface area contributed by atoms with E-state index in [-0.39, 0.29) is 0 Å². The Kier molecular flexibility index (Phi) is 6.95. The molecule has 2 aliphatic rings. The number of amides is 1. The molecule has 0 aromatic heterocycles. The van der Waals surface area contributed by atoms with Gasteiger partial charge in [-0.25, -0.2) is 0 Å². The number of hydrogen-bond donors (Lipinski definition) is 0. The molecule has 4 nitrogen and oxygen atoms in total. The lowest BCUT2D eigenvalue weighted by Crippen LogP contribution is -2.45. The van der Waals surface area contributed by atoms with Gasteiger partial charge in [-0.2, -0.15) is 0 Å². The topological polar surface area (TPSA) is 32.8 Å². The maximum absolute atomic E-state index is 12.7. The Morgan fingerprint density at radius 3 is 2.69 bits per heavy atom. The normalized spacial score (nSPS) is 22.4. The van der Waals surface area contributed by atoms with Gasteiger partial charge in [-0.1, -0.05) is 25.1 Å². The van der Waals surface area contributed by atoms with Crippen LogP contribution in [-0.4, -0.2) is 55.5 Å². The Balaban J connectivity index is 1.47. The number of methoxy groups -OCH3 is 1. The van der Waals surface area contributed by atoms with Crippen LogP contribution < -0.4 is 4.74 Å². The predicted molar refractivity (Wildman–Crippen MR) is 105 cm³/mol. The van der Waals surface area contributed by atoms with Crippen molar-refractivity contribution in [3.63, 3.8) is 0 Å². The van der Waals surface area contributed by atoms with Gasteiger partial charge in [0.15, 0.2) is 0 Å². The lowest BCUT2D eigenvalue weighted by Gasteiger charge is -2.38. The molecule has 4 heteroatoms. The van der Waals surface area contributed by atoms with Crippen molar-refractivity contribution in [3.05, 3.63) is 29.8 Å². The van der Waals surface area contributed by atoms with E-state index in [1.165, 1.54) is 38.9 Å². The number of carbonyl (C=O) groups is 1. The van der Waals surface area contributed by atoms with E-state index in [9.17, 15) is 4.79 Å². The minimum Gasteiger partial charge on any atom is -0.496 e. The molecule has 144 valence electrons. The fraction of sp³-hybridized carbons (Fsp3) is 0.682. The van der Waals surface area contributed by atoms with Crippen LogP contribution in [0.4, 0.5) is 0 Å². The molecule has 1 aromatic carbocycles. The first-order valence-electron chi connectivity index (χ1n) is 10.3. The van der Waals surface area contributed by atoms with E-state index >= 15 is 0 Å². The molecule has 3 rings (SSSR count). The van der Waals surface area contributed by atoms with Crippen LogP contribution in [0.1, 0.15) is 44.6 Å². The van der Waals surface area contributed by atoms with Crippen LogP contribution in [0.2, 0.25) is 0 Å². The Bertz CT molecular complexity index is 581. The van der Waals surface area contributed by atoms with E-state index in [4.69, 9.17) is 4.74 Å². The number of aryl methyl sites for hydroxylation is 1. The second kappa shape index (κ2) is 9.40. The quantitative estimate of drug-likeness (QED) is 0.779. The molecular formula is C22H34N2O2. The lowest BCUT2D eigenvalue weighted by atomic mass is 9.94. The highest BCUT2D eigenvalue weighted by Gasteiger charge is 2.26. The van der Waals surface area contributed by atoms with Gasteiger partial charge < -0.3 is 14.5 Å². The molecule has 0 bridgehead atoms. The number of ether oxygens (including phenoxy) is 1. The number of carbonyl (C=O) groups excluding carboxylic acids is 1. The van der Waals surface area contributed by atoms with Crippen LogP contribution in [0.3, 0.4) is 0 Å². The van der Waals surface area contributed by atoms with E-state index in [1.807, 2.05) is 18.2 Å². The molecule has 0 N–H and O–H groups in total. The molecule has 0 saturated carbocycles. The van der Waals surface area contributed by atoms with Gasteiger partial charge in [-0.05, 0) is 68.7 Å². The summed E-state index contributed by atoms with van der Waals surface area (Å²) in [5.74, 6) is 2.71. The van der Waals surface area contributed by atoms with Gasteiger partial charge in [-0.3, -0.25) is 4.79 Å². The Morgan fingerprint density at radius 2 is 1.92 bits per heavy atom. The van der Waals surface area contributed by atoms with E-state index in [0.717, 1.165) is 43.2 Å². The smallest absolute Gasteiger partial charge is 0.222 e. The van der Waals surface area contributed by atoms with Crippen molar-refractivity contribution in [3.8, 4) is 5.75 Å². The summed E-state index contributed by atoms with van der Waals surface area (Å²) in [6, 6.07) is 8.01. The zero-order valence-corrected chi connectivity index (χ0v) is 16.5. The Labute approximate surface area is 158 Å². The Hall–Kier alpha value is -1.55. The number of piperidine rings is 2. The minimum absolute atomic E-state index is 0.299. The highest BCUT2D eigenvalue weighted by molar-refractivity contribution is 5.76. The number of para-hydroxylation sites is 1. The second-order valence-electron chi connectivity index (χ2n) is 8.14. The van der Waals surface area contributed by atoms with Crippen molar-refractivity contribution < 1.29 is 9.53 Å². The van der Waals surface area contributed by atoms with Gasteiger partial charge >= 0.3 is 0 Å². The first-order valence-corrected chi connectivity index (χ1v) is 10.3. The average molecular weight is 359 g/mol. The molecule has 26 heavy (non-hydrogen) atoms. The van der Waals surface area contributed by atoms with Crippen LogP contribution in [-0.2, 0) is 11.2 Å². The molecule has 2 fully saturated rings. The van der Waals surface area contributed by atoms with Crippen molar-refractivity contribution in [2.45, 2.75) is 45.4 Å². The second-order valence-corrected chi connectivity index (χ2v) is 8.14. The zero-order valence-electron chi connectivity index (χ0n) is 16.5. The van der Waals surface area contributed by atoms with Crippen molar-refractivity contribution in [2.24, 2.45) is 11.8 Å². The Morgan fingerprint density at radius 1 is 1.15 bits per heavy atom. The van der Waals surface area contributed by atoms with Crippen molar-refractivity contribution >= 4 is 5.91 Å². The minimum atomic E-state index is 0.299. The summed E-state index contributed by atoms with van der Waals surface area (Å²) in [7, 11) is 1.69. The maximum Gasteiger partial charge on any atom is 0.222 e. The number of hydrogen-bond acceptors (Lipinski definition) is 3. The van der Waals surface area contributed by atoms with E-state index in [2.05, 4.69) is 22.8 Å². The summed E-state index contributed by atoms with van der Waals surface area (Å²) in [6.07, 6.45) is 6.41. The van der Waals surface area contributed by atoms with Gasteiger partial charge in [-0.15, -0.1) is 0 Å². The van der Waals surface area contributed by atoms with Gasteiger partial charge in [0.1, 0.15) is 5.75 Å². The first kappa shape index (κ1) is 19.2. The summed E-state index contributed by atoms with van der Waals surface area (Å²) in [6.45, 7) is 7.87. The fourth-order valence-corrected chi connectivity index (χ4v) is 4.36. The first-order chi connectivity index (χ1) is 12.7. The summed E-state index contributed by atoms with van der Waals surface area (Å²) < 4.78 is 5.40. The van der Waals surface area contributed by atoms with Crippen LogP contribution in [0.15, 0.2) is 24.3 Å². The van der Waals surface area contributed by atoms with Gasteiger partial charge in [0.2, 0.25) is 5.91 Å². The van der Waals surface area contributed by atoms with Crippen molar-refractivity contribution in [2.75, 3.05) is 39.8 Å². The third kappa shape index (κ3) is 5.23. The fourth-order valence-electron chi connectivity index (χ4n) is 4.36. The molecule has 1 unspecified atom stereocenters. The van der Waals surface area contributed by atoms with Gasteiger partial charge in [0, 0.05) is 26.1 Å². The summed E-state index contributed by atoms with van der Waals surface area (Å²) >= 11 is 0. The molecule has 2 aliphatic heterocycles. The summed E-state index contributed by atoms with van der Waals surface area (Å²) in [5.41, 5.74) is 1.12. The number of rotatable bonds is 6. The SMILES string of the molecule is COc1ccccc1CCC(=O)N1CCCC(CN2CCC(C)CC2)C1. The molecule has 0 spiro atoms. The van der Waals surface area contributed by atoms with E-state index in [1.54, 1.807) is 7.11 Å². The zero-order chi connectivity index (χ0) is 18.4. The van der Waals surface area contributed by atoms with Crippen molar-refractivity contribution in [1.29, 1.82) is 0 Å². The molecule has 2 saturated heterocycles. The van der Waals surface area contributed by atoms with Gasteiger partial charge in [0.05, 0.1) is 7.11 Å². The highest BCUT2D eigenvalue weighted by Crippen LogP contribution is 2.23. The highest BCUT2D eigenvalue weighted by atomic mass is 16.5. The van der Waals surface area contributed by atoms with Crippen LogP contribution >= 0.6 is 0 Å². The van der Waals surface area contributed by atoms with Crippen LogP contribution in [0, 0.1) is 11.8 Å². The molecule has 1 amide bonds. The van der Waals surface area contributed by atoms with E-state index < -0.39 is 0 Å². The molecule has 1 atom stereocenters. The van der Waals surface area contributed by atoms with Gasteiger partial charge in [0.25, 0.3) is 0 Å². The van der Waals surface area contributed by atoms with E-state index in [0.29, 0.717) is 18.2 Å². The number of likely N-dealkylation sites (tertiary alicyclic amines) is 2. The monoisotopic (exact) mass is 358 g/mol. The molecule has 1 aromatic rings.